The van der Waals surface area contributed by atoms with Crippen LogP contribution in [0.5, 0.6) is 0 Å². The highest BCUT2D eigenvalue weighted by Gasteiger charge is 2.21. The Kier molecular flexibility index (Phi) is 5.01. The van der Waals surface area contributed by atoms with Crippen LogP contribution in [0.25, 0.3) is 12.0 Å². The largest absolute Gasteiger partial charge is 0.443 e. The van der Waals surface area contributed by atoms with Gasteiger partial charge >= 0.3 is 0 Å². The van der Waals surface area contributed by atoms with Crippen molar-refractivity contribution in [1.82, 2.24) is 14.3 Å². The number of allylic oxidation sites excluding steroid dienone is 1. The lowest BCUT2D eigenvalue weighted by Gasteiger charge is -2.06. The van der Waals surface area contributed by atoms with Gasteiger partial charge in [-0.2, -0.15) is 15.6 Å². The van der Waals surface area contributed by atoms with E-state index in [1.54, 1.807) is 26.0 Å². The second kappa shape index (κ2) is 7.29. The van der Waals surface area contributed by atoms with Crippen LogP contribution in [-0.2, 0) is 0 Å². The number of furan rings is 1. The van der Waals surface area contributed by atoms with Gasteiger partial charge in [0.25, 0.3) is 5.91 Å². The monoisotopic (exact) mass is 387 g/mol. The minimum absolute atomic E-state index is 0.0243. The number of carbonyl (C=O) groups excluding carboxylic acids is 1. The summed E-state index contributed by atoms with van der Waals surface area (Å²) in [5.74, 6) is 0.643. The summed E-state index contributed by atoms with van der Waals surface area (Å²) in [5.41, 5.74) is 4.91. The van der Waals surface area contributed by atoms with Crippen LogP contribution in [0, 0.1) is 64.2 Å². The lowest BCUT2D eigenvalue weighted by atomic mass is 10.1. The van der Waals surface area contributed by atoms with Crippen molar-refractivity contribution < 1.29 is 9.21 Å². The first kappa shape index (κ1) is 19.9. The van der Waals surface area contributed by atoms with E-state index in [9.17, 15) is 15.3 Å². The number of nitriles is 2. The standard InChI is InChI=1S/C22H21N5O2/c1-12-7-14(3)27(25-12)21(28)19(10-23)9-18-8-13(2)26(16(18)5)22-20(11-24)15(4)17(6)29-22/h7-9H,1-6H3/b19-9+. The first-order valence-electron chi connectivity index (χ1n) is 9.08. The first-order valence-corrected chi connectivity index (χ1v) is 9.08. The molecule has 0 saturated heterocycles. The summed E-state index contributed by atoms with van der Waals surface area (Å²) in [6.45, 7) is 11.0. The molecule has 0 N–H and O–H groups in total. The number of carbonyl (C=O) groups is 1. The maximum absolute atomic E-state index is 12.8. The van der Waals surface area contributed by atoms with E-state index < -0.39 is 5.91 Å². The molecule has 0 aliphatic heterocycles. The minimum Gasteiger partial charge on any atom is -0.443 e. The van der Waals surface area contributed by atoms with Crippen molar-refractivity contribution in [2.45, 2.75) is 41.5 Å². The summed E-state index contributed by atoms with van der Waals surface area (Å²) in [4.78, 5) is 12.8. The van der Waals surface area contributed by atoms with Gasteiger partial charge in [0.2, 0.25) is 5.88 Å². The lowest BCUT2D eigenvalue weighted by Crippen LogP contribution is -2.15. The van der Waals surface area contributed by atoms with Crippen molar-refractivity contribution >= 4 is 12.0 Å². The predicted molar refractivity (Wildman–Crippen MR) is 108 cm³/mol. The Morgan fingerprint density at radius 1 is 1.10 bits per heavy atom. The molecule has 3 aromatic heterocycles. The Balaban J connectivity index is 2.12. The molecule has 3 aromatic rings. The molecule has 7 nitrogen and oxygen atoms in total. The quantitative estimate of drug-likeness (QED) is 0.494. The van der Waals surface area contributed by atoms with Gasteiger partial charge < -0.3 is 4.42 Å². The molecule has 0 unspecified atom stereocenters. The van der Waals surface area contributed by atoms with E-state index in [1.807, 2.05) is 44.4 Å². The zero-order valence-corrected chi connectivity index (χ0v) is 17.3. The van der Waals surface area contributed by atoms with Crippen LogP contribution in [0.1, 0.15) is 50.0 Å². The zero-order chi connectivity index (χ0) is 21.5. The van der Waals surface area contributed by atoms with Gasteiger partial charge in [0, 0.05) is 22.6 Å². The fourth-order valence-electron chi connectivity index (χ4n) is 3.39. The van der Waals surface area contributed by atoms with E-state index in [1.165, 1.54) is 4.68 Å². The third kappa shape index (κ3) is 3.28. The number of hydrogen-bond donors (Lipinski definition) is 0. The van der Waals surface area contributed by atoms with E-state index in [0.29, 0.717) is 34.2 Å². The number of aromatic nitrogens is 3. The Bertz CT molecular complexity index is 1250. The van der Waals surface area contributed by atoms with Crippen molar-refractivity contribution in [3.63, 3.8) is 0 Å². The van der Waals surface area contributed by atoms with Gasteiger partial charge in [-0.25, -0.2) is 4.68 Å². The molecule has 0 aromatic carbocycles. The molecule has 0 aliphatic carbocycles. The molecule has 0 amide bonds. The van der Waals surface area contributed by atoms with E-state index in [0.717, 1.165) is 17.0 Å². The fraction of sp³-hybridized carbons (Fsp3) is 0.273. The Morgan fingerprint density at radius 3 is 2.34 bits per heavy atom. The van der Waals surface area contributed by atoms with Crippen molar-refractivity contribution in [1.29, 1.82) is 10.5 Å². The molecule has 29 heavy (non-hydrogen) atoms. The van der Waals surface area contributed by atoms with Crippen molar-refractivity contribution in [3.8, 4) is 18.0 Å². The molecule has 0 aliphatic rings. The fourth-order valence-corrected chi connectivity index (χ4v) is 3.39. The molecule has 146 valence electrons. The Labute approximate surface area is 169 Å². The average molecular weight is 387 g/mol. The summed E-state index contributed by atoms with van der Waals surface area (Å²) in [5, 5.41) is 23.3. The highest BCUT2D eigenvalue weighted by molar-refractivity contribution is 6.03. The van der Waals surface area contributed by atoms with Crippen LogP contribution >= 0.6 is 0 Å². The summed E-state index contributed by atoms with van der Waals surface area (Å²) >= 11 is 0. The summed E-state index contributed by atoms with van der Waals surface area (Å²) < 4.78 is 8.90. The van der Waals surface area contributed by atoms with Gasteiger partial charge in [-0.3, -0.25) is 9.36 Å². The van der Waals surface area contributed by atoms with E-state index in [4.69, 9.17) is 4.42 Å². The zero-order valence-electron chi connectivity index (χ0n) is 17.3. The topological polar surface area (TPSA) is 101 Å². The summed E-state index contributed by atoms with van der Waals surface area (Å²) in [7, 11) is 0. The predicted octanol–water partition coefficient (Wildman–Crippen LogP) is 4.24. The molecular weight excluding hydrogens is 366 g/mol. The molecular formula is C22H21N5O2. The second-order valence-electron chi connectivity index (χ2n) is 7.05. The molecule has 3 rings (SSSR count). The third-order valence-electron chi connectivity index (χ3n) is 5.00. The smallest absolute Gasteiger partial charge is 0.289 e. The van der Waals surface area contributed by atoms with Crippen LogP contribution in [0.4, 0.5) is 0 Å². The molecule has 3 heterocycles. The average Bonchev–Trinajstić information content (AvgIpc) is 3.25. The normalized spacial score (nSPS) is 11.4. The van der Waals surface area contributed by atoms with Crippen molar-refractivity contribution in [3.05, 3.63) is 62.9 Å². The highest BCUT2D eigenvalue weighted by atomic mass is 16.4. The third-order valence-corrected chi connectivity index (χ3v) is 5.00. The van der Waals surface area contributed by atoms with E-state index in [2.05, 4.69) is 11.2 Å². The molecule has 0 spiro atoms. The molecule has 0 atom stereocenters. The Hall–Kier alpha value is -3.84. The maximum atomic E-state index is 12.8. The van der Waals surface area contributed by atoms with Crippen LogP contribution in [0.15, 0.2) is 22.1 Å². The summed E-state index contributed by atoms with van der Waals surface area (Å²) in [6.07, 6.45) is 1.55. The van der Waals surface area contributed by atoms with Gasteiger partial charge in [0.15, 0.2) is 0 Å². The van der Waals surface area contributed by atoms with Crippen molar-refractivity contribution in [2.24, 2.45) is 0 Å². The molecule has 0 bridgehead atoms. The van der Waals surface area contributed by atoms with Crippen LogP contribution < -0.4 is 0 Å². The highest BCUT2D eigenvalue weighted by Crippen LogP contribution is 2.29. The van der Waals surface area contributed by atoms with Crippen LogP contribution in [0.2, 0.25) is 0 Å². The summed E-state index contributed by atoms with van der Waals surface area (Å²) in [6, 6.07) is 7.82. The van der Waals surface area contributed by atoms with Gasteiger partial charge in [0.05, 0.1) is 5.69 Å². The van der Waals surface area contributed by atoms with Crippen LogP contribution in [0.3, 0.4) is 0 Å². The second-order valence-corrected chi connectivity index (χ2v) is 7.05. The first-order chi connectivity index (χ1) is 13.7. The minimum atomic E-state index is -0.481. The molecule has 0 fully saturated rings. The number of rotatable bonds is 3. The number of aryl methyl sites for hydroxylation is 4. The van der Waals surface area contributed by atoms with Gasteiger partial charge in [-0.15, -0.1) is 0 Å². The number of hydrogen-bond acceptors (Lipinski definition) is 5. The maximum Gasteiger partial charge on any atom is 0.289 e. The molecule has 0 radical (unpaired) electrons. The molecule has 7 heteroatoms. The number of nitrogens with zero attached hydrogens (tertiary/aromatic N) is 5. The SMILES string of the molecule is Cc1cc(C)n(C(=O)/C(C#N)=C/c2cc(C)n(-c3oc(C)c(C)c3C#N)c2C)n1. The van der Waals surface area contributed by atoms with Gasteiger partial charge in [-0.1, -0.05) is 0 Å². The molecule has 0 saturated carbocycles. The van der Waals surface area contributed by atoms with Gasteiger partial charge in [0.1, 0.15) is 29.0 Å². The lowest BCUT2D eigenvalue weighted by molar-refractivity contribution is 0.0943. The van der Waals surface area contributed by atoms with Crippen LogP contribution in [-0.4, -0.2) is 20.3 Å². The Morgan fingerprint density at radius 2 is 1.79 bits per heavy atom. The van der Waals surface area contributed by atoms with Gasteiger partial charge in [-0.05, 0) is 65.3 Å². The van der Waals surface area contributed by atoms with E-state index >= 15 is 0 Å². The van der Waals surface area contributed by atoms with E-state index in [-0.39, 0.29) is 5.57 Å². The van der Waals surface area contributed by atoms with Crippen molar-refractivity contribution in [2.75, 3.05) is 0 Å².